The molecule has 0 aromatic heterocycles. The van der Waals surface area contributed by atoms with Gasteiger partial charge in [-0.1, -0.05) is 32.0 Å². The van der Waals surface area contributed by atoms with Gasteiger partial charge in [-0.15, -0.1) is 0 Å². The molecule has 3 rings (SSSR count). The van der Waals surface area contributed by atoms with E-state index in [4.69, 9.17) is 4.74 Å². The summed E-state index contributed by atoms with van der Waals surface area (Å²) in [6.07, 6.45) is 2.48. The van der Waals surface area contributed by atoms with E-state index in [1.54, 1.807) is 0 Å². The van der Waals surface area contributed by atoms with Gasteiger partial charge in [0.2, 0.25) is 0 Å². The molecule has 2 fully saturated rings. The maximum Gasteiger partial charge on any atom is 0.0645 e. The minimum Gasteiger partial charge on any atom is -0.382 e. The third-order valence-corrected chi connectivity index (χ3v) is 4.61. The van der Waals surface area contributed by atoms with Crippen LogP contribution in [0.2, 0.25) is 0 Å². The predicted octanol–water partition coefficient (Wildman–Crippen LogP) is 3.09. The van der Waals surface area contributed by atoms with Crippen LogP contribution in [0.3, 0.4) is 0 Å². The van der Waals surface area contributed by atoms with E-state index in [1.165, 1.54) is 37.2 Å². The van der Waals surface area contributed by atoms with Crippen LogP contribution >= 0.6 is 0 Å². The normalized spacial score (nSPS) is 21.9. The molecule has 0 amide bonds. The van der Waals surface area contributed by atoms with Crippen molar-refractivity contribution in [1.29, 1.82) is 0 Å². The molecular weight excluding hydrogens is 248 g/mol. The van der Waals surface area contributed by atoms with Crippen molar-refractivity contribution in [2.45, 2.75) is 44.7 Å². The minimum atomic E-state index is 0.575. The highest BCUT2D eigenvalue weighted by Gasteiger charge is 2.29. The number of ether oxygens (including phenoxy) is 1. The second-order valence-corrected chi connectivity index (χ2v) is 6.39. The molecule has 1 N–H and O–H groups in total. The smallest absolute Gasteiger partial charge is 0.0645 e. The Balaban J connectivity index is 1.56. The van der Waals surface area contributed by atoms with Gasteiger partial charge in [-0.25, -0.2) is 0 Å². The first-order chi connectivity index (χ1) is 9.74. The highest BCUT2D eigenvalue weighted by molar-refractivity contribution is 5.53. The Kier molecular flexibility index (Phi) is 4.27. The van der Waals surface area contributed by atoms with Crippen LogP contribution in [-0.2, 0) is 4.74 Å². The summed E-state index contributed by atoms with van der Waals surface area (Å²) in [5.41, 5.74) is 2.76. The molecule has 2 aliphatic rings. The summed E-state index contributed by atoms with van der Waals surface area (Å²) in [5.74, 6) is 0.575. The van der Waals surface area contributed by atoms with Crippen LogP contribution in [0.15, 0.2) is 24.3 Å². The summed E-state index contributed by atoms with van der Waals surface area (Å²) in [6, 6.07) is 10.1. The lowest BCUT2D eigenvalue weighted by Gasteiger charge is -2.41. The van der Waals surface area contributed by atoms with Gasteiger partial charge in [-0.05, 0) is 30.4 Å². The summed E-state index contributed by atoms with van der Waals surface area (Å²) in [6.45, 7) is 8.81. The topological polar surface area (TPSA) is 24.5 Å². The van der Waals surface area contributed by atoms with Crippen LogP contribution in [0.4, 0.5) is 5.69 Å². The molecule has 2 heterocycles. The van der Waals surface area contributed by atoms with Gasteiger partial charge in [0.05, 0.1) is 19.3 Å². The highest BCUT2D eigenvalue weighted by Crippen LogP contribution is 2.26. The zero-order chi connectivity index (χ0) is 13.9. The van der Waals surface area contributed by atoms with Crippen molar-refractivity contribution in [3.05, 3.63) is 29.8 Å². The SMILES string of the molecule is CC(C)c1ccccc1NC1CCN(C2COC2)CC1. The summed E-state index contributed by atoms with van der Waals surface area (Å²) >= 11 is 0. The first kappa shape index (κ1) is 13.9. The molecule has 3 heteroatoms. The lowest BCUT2D eigenvalue weighted by atomic mass is 9.98. The van der Waals surface area contributed by atoms with Gasteiger partial charge in [-0.3, -0.25) is 4.90 Å². The third kappa shape index (κ3) is 2.99. The van der Waals surface area contributed by atoms with Crippen LogP contribution < -0.4 is 5.32 Å². The van der Waals surface area contributed by atoms with E-state index in [9.17, 15) is 0 Å². The van der Waals surface area contributed by atoms with E-state index >= 15 is 0 Å². The molecule has 2 aliphatic heterocycles. The average Bonchev–Trinajstić information content (AvgIpc) is 2.39. The number of anilines is 1. The number of nitrogens with zero attached hydrogens (tertiary/aromatic N) is 1. The molecule has 1 aromatic carbocycles. The van der Waals surface area contributed by atoms with Crippen LogP contribution in [0, 0.1) is 0 Å². The Bertz CT molecular complexity index is 434. The zero-order valence-corrected chi connectivity index (χ0v) is 12.6. The van der Waals surface area contributed by atoms with Gasteiger partial charge in [0, 0.05) is 24.8 Å². The molecule has 20 heavy (non-hydrogen) atoms. The Morgan fingerprint density at radius 3 is 2.45 bits per heavy atom. The molecule has 0 atom stereocenters. The fraction of sp³-hybridized carbons (Fsp3) is 0.647. The molecule has 110 valence electrons. The monoisotopic (exact) mass is 274 g/mol. The standard InChI is InChI=1S/C17H26N2O/c1-13(2)16-5-3-4-6-17(16)18-14-7-9-19(10-8-14)15-11-20-12-15/h3-6,13-15,18H,7-12H2,1-2H3. The van der Waals surface area contributed by atoms with E-state index in [2.05, 4.69) is 48.3 Å². The Morgan fingerprint density at radius 1 is 1.15 bits per heavy atom. The molecule has 2 saturated heterocycles. The summed E-state index contributed by atoms with van der Waals surface area (Å²) in [7, 11) is 0. The second kappa shape index (κ2) is 6.15. The van der Waals surface area contributed by atoms with Crippen molar-refractivity contribution >= 4 is 5.69 Å². The predicted molar refractivity (Wildman–Crippen MR) is 83.4 cm³/mol. The van der Waals surface area contributed by atoms with Crippen LogP contribution in [0.5, 0.6) is 0 Å². The quantitative estimate of drug-likeness (QED) is 0.913. The third-order valence-electron chi connectivity index (χ3n) is 4.61. The molecule has 0 spiro atoms. The molecule has 0 aliphatic carbocycles. The van der Waals surface area contributed by atoms with E-state index in [0.29, 0.717) is 18.0 Å². The molecule has 0 bridgehead atoms. The molecule has 3 nitrogen and oxygen atoms in total. The van der Waals surface area contributed by atoms with E-state index in [1.807, 2.05) is 0 Å². The molecule has 1 aromatic rings. The van der Waals surface area contributed by atoms with E-state index in [-0.39, 0.29) is 0 Å². The van der Waals surface area contributed by atoms with Crippen LogP contribution in [0.1, 0.15) is 38.2 Å². The summed E-state index contributed by atoms with van der Waals surface area (Å²) < 4.78 is 5.30. The Labute approximate surface area is 122 Å². The van der Waals surface area contributed by atoms with Crippen LogP contribution in [-0.4, -0.2) is 43.3 Å². The summed E-state index contributed by atoms with van der Waals surface area (Å²) in [4.78, 5) is 2.59. The molecular formula is C17H26N2O. The zero-order valence-electron chi connectivity index (χ0n) is 12.6. The van der Waals surface area contributed by atoms with Crippen LogP contribution in [0.25, 0.3) is 0 Å². The lowest BCUT2D eigenvalue weighted by molar-refractivity contribution is -0.0705. The van der Waals surface area contributed by atoms with Gasteiger partial charge < -0.3 is 10.1 Å². The van der Waals surface area contributed by atoms with Gasteiger partial charge in [0.25, 0.3) is 0 Å². The fourth-order valence-corrected chi connectivity index (χ4v) is 3.19. The van der Waals surface area contributed by atoms with Crippen molar-refractivity contribution in [2.75, 3.05) is 31.6 Å². The van der Waals surface area contributed by atoms with Crippen molar-refractivity contribution in [2.24, 2.45) is 0 Å². The maximum atomic E-state index is 5.30. The number of hydrogen-bond acceptors (Lipinski definition) is 3. The van der Waals surface area contributed by atoms with Crippen molar-refractivity contribution in [3.63, 3.8) is 0 Å². The minimum absolute atomic E-state index is 0.575. The molecule has 0 unspecified atom stereocenters. The molecule has 0 saturated carbocycles. The number of benzene rings is 1. The first-order valence-electron chi connectivity index (χ1n) is 7.91. The number of hydrogen-bond donors (Lipinski definition) is 1. The van der Waals surface area contributed by atoms with Gasteiger partial charge in [0.15, 0.2) is 0 Å². The molecule has 0 radical (unpaired) electrons. The van der Waals surface area contributed by atoms with E-state index in [0.717, 1.165) is 13.2 Å². The number of nitrogens with one attached hydrogen (secondary N) is 1. The second-order valence-electron chi connectivity index (χ2n) is 6.39. The van der Waals surface area contributed by atoms with Crippen molar-refractivity contribution in [1.82, 2.24) is 4.90 Å². The number of piperidine rings is 1. The first-order valence-corrected chi connectivity index (χ1v) is 7.91. The number of rotatable bonds is 4. The van der Waals surface area contributed by atoms with Gasteiger partial charge in [0.1, 0.15) is 0 Å². The Hall–Kier alpha value is -1.06. The number of para-hydroxylation sites is 1. The largest absolute Gasteiger partial charge is 0.382 e. The number of likely N-dealkylation sites (tertiary alicyclic amines) is 1. The fourth-order valence-electron chi connectivity index (χ4n) is 3.19. The maximum absolute atomic E-state index is 5.30. The van der Waals surface area contributed by atoms with Gasteiger partial charge in [-0.2, -0.15) is 0 Å². The average molecular weight is 274 g/mol. The Morgan fingerprint density at radius 2 is 1.85 bits per heavy atom. The summed E-state index contributed by atoms with van der Waals surface area (Å²) in [5, 5.41) is 3.77. The van der Waals surface area contributed by atoms with Crippen molar-refractivity contribution in [3.8, 4) is 0 Å². The lowest BCUT2D eigenvalue weighted by Crippen LogP contribution is -2.53. The van der Waals surface area contributed by atoms with Crippen molar-refractivity contribution < 1.29 is 4.74 Å². The van der Waals surface area contributed by atoms with Gasteiger partial charge >= 0.3 is 0 Å². The van der Waals surface area contributed by atoms with E-state index < -0.39 is 0 Å². The highest BCUT2D eigenvalue weighted by atomic mass is 16.5.